The summed E-state index contributed by atoms with van der Waals surface area (Å²) in [5, 5.41) is 19.2. The zero-order chi connectivity index (χ0) is 52.4. The van der Waals surface area contributed by atoms with Crippen molar-refractivity contribution in [3.63, 3.8) is 0 Å². The van der Waals surface area contributed by atoms with Crippen LogP contribution in [-0.2, 0) is 0 Å². The van der Waals surface area contributed by atoms with Crippen LogP contribution in [0, 0.1) is 0 Å². The molecule has 0 fully saturated rings. The van der Waals surface area contributed by atoms with Gasteiger partial charge in [-0.15, -0.1) is 0 Å². The van der Waals surface area contributed by atoms with Crippen molar-refractivity contribution in [2.24, 2.45) is 0 Å². The summed E-state index contributed by atoms with van der Waals surface area (Å²) in [5.41, 5.74) is 18.1. The number of para-hydroxylation sites is 2. The lowest BCUT2D eigenvalue weighted by Crippen LogP contribution is -1.92. The largest absolute Gasteiger partial charge is 0.456 e. The monoisotopic (exact) mass is 1010 g/mol. The molecule has 2 heteroatoms. The Kier molecular flexibility index (Phi) is 9.75. The van der Waals surface area contributed by atoms with E-state index >= 15 is 0 Å². The number of furan rings is 2. The van der Waals surface area contributed by atoms with E-state index in [4.69, 9.17) is 8.83 Å². The Hall–Kier alpha value is -10.5. The molecule has 0 aliphatic rings. The average Bonchev–Trinajstić information content (AvgIpc) is 4.21. The maximum absolute atomic E-state index is 6.30. The maximum atomic E-state index is 6.30. The summed E-state index contributed by atoms with van der Waals surface area (Å²) < 4.78 is 12.5. The molecule has 0 aliphatic carbocycles. The van der Waals surface area contributed by atoms with Crippen LogP contribution in [0.2, 0.25) is 0 Å². The van der Waals surface area contributed by atoms with E-state index in [-0.39, 0.29) is 0 Å². The summed E-state index contributed by atoms with van der Waals surface area (Å²) in [6, 6.07) is 103. The van der Waals surface area contributed by atoms with Gasteiger partial charge in [0.25, 0.3) is 0 Å². The Morgan fingerprint density at radius 2 is 0.463 bits per heavy atom. The summed E-state index contributed by atoms with van der Waals surface area (Å²) in [4.78, 5) is 0. The van der Waals surface area contributed by atoms with Crippen molar-refractivity contribution in [1.82, 2.24) is 0 Å². The Bertz CT molecular complexity index is 5310. The minimum atomic E-state index is 0.902. The predicted octanol–water partition coefficient (Wildman–Crippen LogP) is 22.4. The molecule has 0 spiro atoms. The van der Waals surface area contributed by atoms with Gasteiger partial charge >= 0.3 is 0 Å². The van der Waals surface area contributed by atoms with E-state index in [0.717, 1.165) is 43.9 Å². The quantitative estimate of drug-likeness (QED) is 0.155. The first-order valence-electron chi connectivity index (χ1n) is 27.5. The average molecular weight is 1020 g/mol. The molecule has 80 heavy (non-hydrogen) atoms. The van der Waals surface area contributed by atoms with Gasteiger partial charge < -0.3 is 8.83 Å². The van der Waals surface area contributed by atoms with Gasteiger partial charge in [0.05, 0.1) is 0 Å². The van der Waals surface area contributed by atoms with E-state index in [9.17, 15) is 0 Å². The Balaban J connectivity index is 0.800. The third-order valence-corrected chi connectivity index (χ3v) is 17.0. The molecule has 0 unspecified atom stereocenters. The Labute approximate surface area is 460 Å². The van der Waals surface area contributed by atoms with Crippen molar-refractivity contribution in [3.8, 4) is 66.8 Å². The first-order valence-corrected chi connectivity index (χ1v) is 27.5. The molecular weight excluding hydrogens is 969 g/mol. The van der Waals surface area contributed by atoms with Crippen LogP contribution in [-0.4, -0.2) is 0 Å². The molecule has 370 valence electrons. The molecule has 0 radical (unpaired) electrons. The highest BCUT2D eigenvalue weighted by atomic mass is 16.3. The first-order chi connectivity index (χ1) is 39.7. The van der Waals surface area contributed by atoms with Gasteiger partial charge in [-0.1, -0.05) is 231 Å². The third kappa shape index (κ3) is 6.79. The fourth-order valence-electron chi connectivity index (χ4n) is 13.4. The van der Waals surface area contributed by atoms with Crippen LogP contribution in [0.5, 0.6) is 0 Å². The highest BCUT2D eigenvalue weighted by Crippen LogP contribution is 2.49. The molecule has 2 heterocycles. The molecule has 17 rings (SSSR count). The SMILES string of the molecule is c1cc(-c2c3ccccc3c(-c3ccc(-c4ccc5oc6ccccc6c5c4)cc3)c3ccccc23)c2cc(-c3ccc4cccc(-c5c6ccccc6c(-c6ccc7oc8ccccc8c7c6)c6ccccc56)c4c3)ccc2c1. The number of hydrogen-bond acceptors (Lipinski definition) is 2. The van der Waals surface area contributed by atoms with Crippen LogP contribution in [0.25, 0.3) is 175 Å². The number of fused-ring (bicyclic) bond motifs is 12. The van der Waals surface area contributed by atoms with E-state index in [1.54, 1.807) is 0 Å². The highest BCUT2D eigenvalue weighted by Gasteiger charge is 2.22. The minimum absolute atomic E-state index is 0.902. The van der Waals surface area contributed by atoms with Crippen molar-refractivity contribution >= 4 is 109 Å². The van der Waals surface area contributed by atoms with Gasteiger partial charge in [-0.05, 0) is 180 Å². The maximum Gasteiger partial charge on any atom is 0.135 e. The Morgan fingerprint density at radius 1 is 0.163 bits per heavy atom. The van der Waals surface area contributed by atoms with E-state index in [2.05, 4.69) is 261 Å². The van der Waals surface area contributed by atoms with Crippen molar-refractivity contribution < 1.29 is 8.83 Å². The molecule has 0 bridgehead atoms. The topological polar surface area (TPSA) is 26.3 Å². The first kappa shape index (κ1) is 44.6. The van der Waals surface area contributed by atoms with Crippen molar-refractivity contribution in [2.45, 2.75) is 0 Å². The summed E-state index contributed by atoms with van der Waals surface area (Å²) >= 11 is 0. The van der Waals surface area contributed by atoms with Crippen molar-refractivity contribution in [2.75, 3.05) is 0 Å². The van der Waals surface area contributed by atoms with Crippen LogP contribution in [0.1, 0.15) is 0 Å². The van der Waals surface area contributed by atoms with Gasteiger partial charge in [-0.3, -0.25) is 0 Å². The van der Waals surface area contributed by atoms with Gasteiger partial charge in [0.15, 0.2) is 0 Å². The van der Waals surface area contributed by atoms with E-state index in [0.29, 0.717) is 0 Å². The van der Waals surface area contributed by atoms with Crippen LogP contribution in [0.15, 0.2) is 288 Å². The van der Waals surface area contributed by atoms with E-state index in [1.165, 1.54) is 131 Å². The summed E-state index contributed by atoms with van der Waals surface area (Å²) in [7, 11) is 0. The number of rotatable bonds is 6. The van der Waals surface area contributed by atoms with Gasteiger partial charge in [0.2, 0.25) is 0 Å². The second-order valence-corrected chi connectivity index (χ2v) is 21.4. The number of benzene rings is 15. The van der Waals surface area contributed by atoms with Crippen LogP contribution in [0.4, 0.5) is 0 Å². The molecule has 2 aromatic heterocycles. The fourth-order valence-corrected chi connectivity index (χ4v) is 13.4. The minimum Gasteiger partial charge on any atom is -0.456 e. The molecule has 17 aromatic rings. The second kappa shape index (κ2) is 17.5. The lowest BCUT2D eigenvalue weighted by Gasteiger charge is -2.20. The summed E-state index contributed by atoms with van der Waals surface area (Å²) in [6.07, 6.45) is 0. The molecule has 15 aromatic carbocycles. The molecule has 2 nitrogen and oxygen atoms in total. The van der Waals surface area contributed by atoms with Crippen molar-refractivity contribution in [1.29, 1.82) is 0 Å². The molecule has 0 atom stereocenters. The van der Waals surface area contributed by atoms with Crippen molar-refractivity contribution in [3.05, 3.63) is 279 Å². The zero-order valence-electron chi connectivity index (χ0n) is 43.4. The smallest absolute Gasteiger partial charge is 0.135 e. The predicted molar refractivity (Wildman–Crippen MR) is 339 cm³/mol. The zero-order valence-corrected chi connectivity index (χ0v) is 43.4. The standard InChI is InChI=1S/C78H46O2/c1-5-23-61-57(19-1)75(50-35-31-47(32-36-50)51-39-41-73-69(45-51)55-17-9-11-29-71(55)79-73)58-20-2-6-24-62(58)77(61)65-27-13-15-48-33-37-52(43-67(48)65)53-38-34-49-16-14-28-66(68(49)44-53)78-63-25-7-3-21-59(63)76(60-22-4-8-26-64(60)78)54-40-42-74-70(46-54)56-18-10-12-30-72(56)80-74/h1-46H. The van der Waals surface area contributed by atoms with Gasteiger partial charge in [0, 0.05) is 21.5 Å². The second-order valence-electron chi connectivity index (χ2n) is 21.4. The lowest BCUT2D eigenvalue weighted by molar-refractivity contribution is 0.668. The fraction of sp³-hybridized carbons (Fsp3) is 0. The van der Waals surface area contributed by atoms with Gasteiger partial charge in [0.1, 0.15) is 22.3 Å². The van der Waals surface area contributed by atoms with Crippen LogP contribution in [0.3, 0.4) is 0 Å². The normalized spacial score (nSPS) is 12.0. The third-order valence-electron chi connectivity index (χ3n) is 17.0. The number of hydrogen-bond donors (Lipinski definition) is 0. The summed E-state index contributed by atoms with van der Waals surface area (Å²) in [6.45, 7) is 0. The Morgan fingerprint density at radius 3 is 0.912 bits per heavy atom. The molecule has 0 N–H and O–H groups in total. The van der Waals surface area contributed by atoms with E-state index in [1.807, 2.05) is 18.2 Å². The lowest BCUT2D eigenvalue weighted by atomic mass is 9.83. The van der Waals surface area contributed by atoms with Crippen LogP contribution < -0.4 is 0 Å². The van der Waals surface area contributed by atoms with E-state index < -0.39 is 0 Å². The highest BCUT2D eigenvalue weighted by molar-refractivity contribution is 6.26. The molecule has 0 amide bonds. The molecule has 0 aliphatic heterocycles. The molecular formula is C78H46O2. The molecule has 0 saturated carbocycles. The van der Waals surface area contributed by atoms with Crippen LogP contribution >= 0.6 is 0 Å². The van der Waals surface area contributed by atoms with Gasteiger partial charge in [-0.25, -0.2) is 0 Å². The van der Waals surface area contributed by atoms with Gasteiger partial charge in [-0.2, -0.15) is 0 Å². The molecule has 0 saturated heterocycles. The summed E-state index contributed by atoms with van der Waals surface area (Å²) in [5.74, 6) is 0.